The van der Waals surface area contributed by atoms with E-state index in [-0.39, 0.29) is 11.5 Å². The number of aryl methyl sites for hydroxylation is 1. The largest absolute Gasteiger partial charge is 0.506 e. The van der Waals surface area contributed by atoms with Crippen molar-refractivity contribution in [2.75, 3.05) is 0 Å². The Hall–Kier alpha value is -0.870. The lowest BCUT2D eigenvalue weighted by Crippen LogP contribution is -2.26. The molecule has 0 heterocycles. The van der Waals surface area contributed by atoms with E-state index in [1.54, 1.807) is 26.0 Å². The van der Waals surface area contributed by atoms with Crippen molar-refractivity contribution in [1.29, 1.82) is 0 Å². The summed E-state index contributed by atoms with van der Waals surface area (Å²) < 4.78 is 0.515. The van der Waals surface area contributed by atoms with E-state index in [1.807, 2.05) is 0 Å². The van der Waals surface area contributed by atoms with Crippen molar-refractivity contribution in [3.05, 3.63) is 27.7 Å². The van der Waals surface area contributed by atoms with E-state index in [0.717, 1.165) is 0 Å². The number of halogens is 1. The monoisotopic (exact) mass is 257 g/mol. The zero-order chi connectivity index (χ0) is 10.9. The summed E-state index contributed by atoms with van der Waals surface area (Å²) in [6, 6.07) is 2.69. The lowest BCUT2D eigenvalue weighted by Gasteiger charge is -2.08. The molecule has 0 aliphatic rings. The van der Waals surface area contributed by atoms with Crippen molar-refractivity contribution in [1.82, 2.24) is 0 Å². The number of phenolic OH excluding ortho intramolecular Hbond substituents is 1. The minimum Gasteiger partial charge on any atom is -0.506 e. The van der Waals surface area contributed by atoms with E-state index < -0.39 is 6.04 Å². The highest BCUT2D eigenvalue weighted by molar-refractivity contribution is 9.10. The van der Waals surface area contributed by atoms with Gasteiger partial charge in [0.05, 0.1) is 10.5 Å². The van der Waals surface area contributed by atoms with Gasteiger partial charge >= 0.3 is 0 Å². The van der Waals surface area contributed by atoms with Gasteiger partial charge in [-0.15, -0.1) is 0 Å². The van der Waals surface area contributed by atoms with Gasteiger partial charge in [-0.25, -0.2) is 0 Å². The van der Waals surface area contributed by atoms with Gasteiger partial charge in [-0.2, -0.15) is 0 Å². The number of aromatic hydroxyl groups is 1. The van der Waals surface area contributed by atoms with Crippen LogP contribution in [0.1, 0.15) is 22.8 Å². The van der Waals surface area contributed by atoms with E-state index in [2.05, 4.69) is 15.9 Å². The van der Waals surface area contributed by atoms with Gasteiger partial charge in [0, 0.05) is 5.56 Å². The van der Waals surface area contributed by atoms with Crippen LogP contribution >= 0.6 is 15.9 Å². The minimum absolute atomic E-state index is 0.131. The van der Waals surface area contributed by atoms with Crippen molar-refractivity contribution in [2.45, 2.75) is 19.9 Å². The molecule has 1 atom stereocenters. The first-order valence-electron chi connectivity index (χ1n) is 4.22. The number of hydrogen-bond acceptors (Lipinski definition) is 3. The molecule has 1 rings (SSSR count). The van der Waals surface area contributed by atoms with Gasteiger partial charge in [0.1, 0.15) is 5.75 Å². The molecule has 0 saturated heterocycles. The van der Waals surface area contributed by atoms with E-state index >= 15 is 0 Å². The first kappa shape index (κ1) is 11.2. The zero-order valence-electron chi connectivity index (χ0n) is 8.04. The molecule has 14 heavy (non-hydrogen) atoms. The predicted molar refractivity (Wildman–Crippen MR) is 58.5 cm³/mol. The lowest BCUT2D eigenvalue weighted by atomic mass is 10.0. The van der Waals surface area contributed by atoms with Gasteiger partial charge in [0.2, 0.25) is 0 Å². The summed E-state index contributed by atoms with van der Waals surface area (Å²) in [7, 11) is 0. The fraction of sp³-hybridized carbons (Fsp3) is 0.300. The summed E-state index contributed by atoms with van der Waals surface area (Å²) in [6.07, 6.45) is 0. The van der Waals surface area contributed by atoms with Gasteiger partial charge in [-0.05, 0) is 47.5 Å². The average Bonchev–Trinajstić information content (AvgIpc) is 2.12. The molecule has 4 heteroatoms. The first-order valence-corrected chi connectivity index (χ1v) is 5.01. The molecular formula is C10H12BrNO2. The van der Waals surface area contributed by atoms with E-state index in [0.29, 0.717) is 15.6 Å². The molecule has 0 amide bonds. The summed E-state index contributed by atoms with van der Waals surface area (Å²) in [4.78, 5) is 11.5. The van der Waals surface area contributed by atoms with E-state index in [1.165, 1.54) is 0 Å². The van der Waals surface area contributed by atoms with Crippen LogP contribution in [0.5, 0.6) is 5.75 Å². The molecular weight excluding hydrogens is 246 g/mol. The topological polar surface area (TPSA) is 63.3 Å². The standard InChI is InChI=1S/C10H12BrNO2/c1-5-3-7(10(14)6(2)12)4-8(11)9(5)13/h3-4,6,13H,12H2,1-2H3. The van der Waals surface area contributed by atoms with Crippen molar-refractivity contribution in [3.63, 3.8) is 0 Å². The molecule has 0 fully saturated rings. The van der Waals surface area contributed by atoms with E-state index in [4.69, 9.17) is 5.73 Å². The summed E-state index contributed by atoms with van der Waals surface area (Å²) >= 11 is 3.17. The second-order valence-corrected chi connectivity index (χ2v) is 4.13. The molecule has 1 unspecified atom stereocenters. The number of carbonyl (C=O) groups is 1. The Morgan fingerprint density at radius 2 is 2.14 bits per heavy atom. The molecule has 3 nitrogen and oxygen atoms in total. The Kier molecular flexibility index (Phi) is 3.29. The highest BCUT2D eigenvalue weighted by Gasteiger charge is 2.13. The summed E-state index contributed by atoms with van der Waals surface area (Å²) in [5, 5.41) is 9.46. The van der Waals surface area contributed by atoms with Crippen LogP contribution < -0.4 is 5.73 Å². The highest BCUT2D eigenvalue weighted by Crippen LogP contribution is 2.29. The van der Waals surface area contributed by atoms with Gasteiger partial charge in [0.25, 0.3) is 0 Å². The third-order valence-electron chi connectivity index (χ3n) is 1.95. The Bertz CT molecular complexity index is 351. The van der Waals surface area contributed by atoms with Gasteiger partial charge in [0.15, 0.2) is 5.78 Å². The summed E-state index contributed by atoms with van der Waals surface area (Å²) in [5.74, 6) is 0.0278. The fourth-order valence-electron chi connectivity index (χ4n) is 1.14. The maximum atomic E-state index is 11.5. The smallest absolute Gasteiger partial charge is 0.179 e. The van der Waals surface area contributed by atoms with Gasteiger partial charge in [-0.1, -0.05) is 0 Å². The molecule has 0 aliphatic carbocycles. The maximum absolute atomic E-state index is 11.5. The molecule has 0 aromatic heterocycles. The van der Waals surface area contributed by atoms with Crippen LogP contribution in [0.25, 0.3) is 0 Å². The number of nitrogens with two attached hydrogens (primary N) is 1. The van der Waals surface area contributed by atoms with Crippen LogP contribution in [-0.4, -0.2) is 16.9 Å². The second-order valence-electron chi connectivity index (χ2n) is 3.28. The van der Waals surface area contributed by atoms with Gasteiger partial charge < -0.3 is 10.8 Å². The second kappa shape index (κ2) is 4.11. The molecule has 0 saturated carbocycles. The van der Waals surface area contributed by atoms with Crippen LogP contribution in [0.3, 0.4) is 0 Å². The third-order valence-corrected chi connectivity index (χ3v) is 2.56. The highest BCUT2D eigenvalue weighted by atomic mass is 79.9. The van der Waals surface area contributed by atoms with E-state index in [9.17, 15) is 9.90 Å². The number of carbonyl (C=O) groups excluding carboxylic acids is 1. The quantitative estimate of drug-likeness (QED) is 0.797. The first-order chi connectivity index (χ1) is 6.43. The molecule has 0 aliphatic heterocycles. The van der Waals surface area contributed by atoms with Crippen molar-refractivity contribution in [3.8, 4) is 5.75 Å². The Morgan fingerprint density at radius 1 is 1.57 bits per heavy atom. The maximum Gasteiger partial charge on any atom is 0.179 e. The SMILES string of the molecule is Cc1cc(C(=O)C(C)N)cc(Br)c1O. The number of rotatable bonds is 2. The third kappa shape index (κ3) is 2.13. The molecule has 0 radical (unpaired) electrons. The van der Waals surface area contributed by atoms with Crippen LogP contribution in [0, 0.1) is 6.92 Å². The Labute approximate surface area is 91.1 Å². The van der Waals surface area contributed by atoms with Crippen LogP contribution in [0.4, 0.5) is 0 Å². The fourth-order valence-corrected chi connectivity index (χ4v) is 1.70. The number of ketones is 1. The molecule has 0 spiro atoms. The van der Waals surface area contributed by atoms with Crippen molar-refractivity contribution < 1.29 is 9.90 Å². The number of hydrogen-bond donors (Lipinski definition) is 2. The number of phenols is 1. The minimum atomic E-state index is -0.522. The average molecular weight is 258 g/mol. The van der Waals surface area contributed by atoms with Gasteiger partial charge in [-0.3, -0.25) is 4.79 Å². The molecule has 1 aromatic rings. The summed E-state index contributed by atoms with van der Waals surface area (Å²) in [6.45, 7) is 3.37. The summed E-state index contributed by atoms with van der Waals surface area (Å²) in [5.41, 5.74) is 6.65. The molecule has 76 valence electrons. The zero-order valence-corrected chi connectivity index (χ0v) is 9.63. The van der Waals surface area contributed by atoms with Crippen LogP contribution in [-0.2, 0) is 0 Å². The van der Waals surface area contributed by atoms with Crippen molar-refractivity contribution >= 4 is 21.7 Å². The van der Waals surface area contributed by atoms with Crippen molar-refractivity contribution in [2.24, 2.45) is 5.73 Å². The normalized spacial score (nSPS) is 12.6. The van der Waals surface area contributed by atoms with Crippen LogP contribution in [0.15, 0.2) is 16.6 Å². The predicted octanol–water partition coefficient (Wildman–Crippen LogP) is 1.99. The van der Waals surface area contributed by atoms with Crippen LogP contribution in [0.2, 0.25) is 0 Å². The Balaban J connectivity index is 3.19. The molecule has 1 aromatic carbocycles. The lowest BCUT2D eigenvalue weighted by molar-refractivity contribution is 0.0968. The molecule has 3 N–H and O–H groups in total. The number of benzene rings is 1. The number of Topliss-reactive ketones (excluding diaryl/α,β-unsaturated/α-hetero) is 1. The molecule has 0 bridgehead atoms. The Morgan fingerprint density at radius 3 is 2.57 bits per heavy atom.